The Morgan fingerprint density at radius 1 is 0.818 bits per heavy atom. The van der Waals surface area contributed by atoms with Crippen LogP contribution in [0.25, 0.3) is 11.3 Å². The molecular weight excluding hydrogens is 411 g/mol. The van der Waals surface area contributed by atoms with Crippen molar-refractivity contribution < 1.29 is 9.13 Å². The van der Waals surface area contributed by atoms with Crippen molar-refractivity contribution in [2.45, 2.75) is 104 Å². The third-order valence-corrected chi connectivity index (χ3v) is 7.22. The summed E-state index contributed by atoms with van der Waals surface area (Å²) in [5.74, 6) is 2.04. The lowest BCUT2D eigenvalue weighted by atomic mass is 9.78. The molecule has 1 aliphatic rings. The lowest BCUT2D eigenvalue weighted by molar-refractivity contribution is 0.250. The van der Waals surface area contributed by atoms with Crippen LogP contribution in [0.1, 0.15) is 103 Å². The van der Waals surface area contributed by atoms with E-state index >= 15 is 0 Å². The Morgan fingerprint density at radius 2 is 1.55 bits per heavy atom. The molecule has 0 amide bonds. The minimum atomic E-state index is -0.213. The fourth-order valence-electron chi connectivity index (χ4n) is 5.02. The van der Waals surface area contributed by atoms with Crippen LogP contribution < -0.4 is 4.74 Å². The second-order valence-corrected chi connectivity index (χ2v) is 9.90. The van der Waals surface area contributed by atoms with Crippen LogP contribution in [0.5, 0.6) is 5.88 Å². The summed E-state index contributed by atoms with van der Waals surface area (Å²) >= 11 is 0. The highest BCUT2D eigenvalue weighted by atomic mass is 19.1. The molecule has 0 aliphatic heterocycles. The predicted octanol–water partition coefficient (Wildman–Crippen LogP) is 8.56. The number of benzene rings is 1. The molecule has 4 heteroatoms. The Balaban J connectivity index is 1.43. The molecule has 1 aromatic heterocycles. The zero-order valence-corrected chi connectivity index (χ0v) is 20.8. The summed E-state index contributed by atoms with van der Waals surface area (Å²) in [5, 5.41) is 8.34. The number of aryl methyl sites for hydroxylation is 1. The van der Waals surface area contributed by atoms with Gasteiger partial charge in [0.05, 0.1) is 12.3 Å². The topological polar surface area (TPSA) is 35.0 Å². The molecule has 0 unspecified atom stereocenters. The van der Waals surface area contributed by atoms with E-state index in [1.807, 2.05) is 12.1 Å². The number of hydrogen-bond donors (Lipinski definition) is 0. The maximum atomic E-state index is 14.8. The largest absolute Gasteiger partial charge is 0.477 e. The summed E-state index contributed by atoms with van der Waals surface area (Å²) in [4.78, 5) is 0. The smallest absolute Gasteiger partial charge is 0.233 e. The highest BCUT2D eigenvalue weighted by molar-refractivity contribution is 5.60. The summed E-state index contributed by atoms with van der Waals surface area (Å²) < 4.78 is 20.5. The average molecular weight is 455 g/mol. The Kier molecular flexibility index (Phi) is 11.1. The maximum absolute atomic E-state index is 14.8. The van der Waals surface area contributed by atoms with Gasteiger partial charge in [-0.1, -0.05) is 90.5 Å². The standard InChI is InChI=1S/C29H43FN2O/c1-3-5-7-8-9-21-33-29-20-19-28(31-32-29)26-18-17-25(22-27(26)30)16-15-24-13-11-23(12-14-24)10-6-4-2/h17-20,22-24H,3-16,21H2,1-2H3. The monoisotopic (exact) mass is 454 g/mol. The van der Waals surface area contributed by atoms with E-state index in [9.17, 15) is 4.39 Å². The molecule has 1 saturated carbocycles. The SMILES string of the molecule is CCCCCCCOc1ccc(-c2ccc(CCC3CCC(CCCC)CC3)cc2F)nn1. The van der Waals surface area contributed by atoms with Crippen LogP contribution >= 0.6 is 0 Å². The first-order valence-corrected chi connectivity index (χ1v) is 13.4. The molecule has 0 radical (unpaired) electrons. The van der Waals surface area contributed by atoms with Crippen LogP contribution in [0, 0.1) is 17.7 Å². The fourth-order valence-corrected chi connectivity index (χ4v) is 5.02. The van der Waals surface area contributed by atoms with Crippen molar-refractivity contribution in [1.82, 2.24) is 10.2 Å². The van der Waals surface area contributed by atoms with Gasteiger partial charge >= 0.3 is 0 Å². The number of hydrogen-bond acceptors (Lipinski definition) is 3. The fraction of sp³-hybridized carbons (Fsp3) is 0.655. The van der Waals surface area contributed by atoms with Crippen molar-refractivity contribution >= 4 is 0 Å². The normalized spacial score (nSPS) is 18.4. The van der Waals surface area contributed by atoms with Crippen LogP contribution in [0.4, 0.5) is 4.39 Å². The van der Waals surface area contributed by atoms with E-state index in [0.29, 0.717) is 23.7 Å². The first-order chi connectivity index (χ1) is 16.2. The highest BCUT2D eigenvalue weighted by Gasteiger charge is 2.20. The van der Waals surface area contributed by atoms with Gasteiger partial charge in [0, 0.05) is 11.6 Å². The second kappa shape index (κ2) is 14.3. The number of aromatic nitrogens is 2. The van der Waals surface area contributed by atoms with E-state index < -0.39 is 0 Å². The van der Waals surface area contributed by atoms with Gasteiger partial charge in [-0.25, -0.2) is 4.39 Å². The summed E-state index contributed by atoms with van der Waals surface area (Å²) in [7, 11) is 0. The van der Waals surface area contributed by atoms with Gasteiger partial charge in [-0.2, -0.15) is 0 Å². The van der Waals surface area contributed by atoms with Crippen LogP contribution in [0.15, 0.2) is 30.3 Å². The molecule has 0 bridgehead atoms. The lowest BCUT2D eigenvalue weighted by Crippen LogP contribution is -2.15. The molecule has 33 heavy (non-hydrogen) atoms. The highest BCUT2D eigenvalue weighted by Crippen LogP contribution is 2.34. The van der Waals surface area contributed by atoms with E-state index in [-0.39, 0.29) is 5.82 Å². The molecule has 2 aromatic rings. The molecule has 1 aliphatic carbocycles. The molecule has 3 nitrogen and oxygen atoms in total. The number of nitrogens with zero attached hydrogens (tertiary/aromatic N) is 2. The minimum Gasteiger partial charge on any atom is -0.477 e. The van der Waals surface area contributed by atoms with Gasteiger partial charge in [0.1, 0.15) is 5.82 Å². The first-order valence-electron chi connectivity index (χ1n) is 13.4. The Bertz CT molecular complexity index is 800. The zero-order valence-electron chi connectivity index (χ0n) is 20.8. The van der Waals surface area contributed by atoms with Crippen molar-refractivity contribution in [2.24, 2.45) is 11.8 Å². The second-order valence-electron chi connectivity index (χ2n) is 9.90. The molecule has 0 spiro atoms. The molecule has 0 saturated heterocycles. The Morgan fingerprint density at radius 3 is 2.21 bits per heavy atom. The minimum absolute atomic E-state index is 0.213. The van der Waals surface area contributed by atoms with Gasteiger partial charge in [0.2, 0.25) is 5.88 Å². The van der Waals surface area contributed by atoms with Crippen molar-refractivity contribution in [2.75, 3.05) is 6.61 Å². The molecule has 182 valence electrons. The lowest BCUT2D eigenvalue weighted by Gasteiger charge is -2.28. The van der Waals surface area contributed by atoms with Gasteiger partial charge < -0.3 is 4.74 Å². The molecule has 0 atom stereocenters. The van der Waals surface area contributed by atoms with Crippen molar-refractivity contribution in [3.63, 3.8) is 0 Å². The molecule has 3 rings (SSSR count). The Labute approximate surface area is 200 Å². The van der Waals surface area contributed by atoms with E-state index in [0.717, 1.165) is 30.2 Å². The third kappa shape index (κ3) is 8.72. The van der Waals surface area contributed by atoms with Crippen molar-refractivity contribution in [3.8, 4) is 17.1 Å². The van der Waals surface area contributed by atoms with Gasteiger partial charge in [-0.05, 0) is 54.9 Å². The molecule has 1 fully saturated rings. The van der Waals surface area contributed by atoms with Gasteiger partial charge in [-0.3, -0.25) is 0 Å². The third-order valence-electron chi connectivity index (χ3n) is 7.22. The number of rotatable bonds is 14. The Hall–Kier alpha value is -1.97. The van der Waals surface area contributed by atoms with E-state index in [2.05, 4.69) is 24.0 Å². The number of ether oxygens (including phenoxy) is 1. The predicted molar refractivity (Wildman–Crippen MR) is 135 cm³/mol. The maximum Gasteiger partial charge on any atom is 0.233 e. The first kappa shape index (κ1) is 25.6. The van der Waals surface area contributed by atoms with Crippen LogP contribution in [-0.4, -0.2) is 16.8 Å². The van der Waals surface area contributed by atoms with Gasteiger partial charge in [-0.15, -0.1) is 10.2 Å². The molecule has 1 heterocycles. The van der Waals surface area contributed by atoms with E-state index in [1.165, 1.54) is 77.0 Å². The van der Waals surface area contributed by atoms with Crippen molar-refractivity contribution in [3.05, 3.63) is 41.7 Å². The summed E-state index contributed by atoms with van der Waals surface area (Å²) in [6.45, 7) is 5.15. The van der Waals surface area contributed by atoms with Gasteiger partial charge in [0.15, 0.2) is 0 Å². The summed E-state index contributed by atoms with van der Waals surface area (Å²) in [6, 6.07) is 9.18. The quantitative estimate of drug-likeness (QED) is 0.268. The van der Waals surface area contributed by atoms with Gasteiger partial charge in [0.25, 0.3) is 0 Å². The number of unbranched alkanes of at least 4 members (excludes halogenated alkanes) is 5. The van der Waals surface area contributed by atoms with Crippen LogP contribution in [0.2, 0.25) is 0 Å². The zero-order chi connectivity index (χ0) is 23.3. The summed E-state index contributed by atoms with van der Waals surface area (Å²) in [6.07, 6.45) is 17.7. The van der Waals surface area contributed by atoms with Crippen LogP contribution in [-0.2, 0) is 6.42 Å². The van der Waals surface area contributed by atoms with E-state index in [1.54, 1.807) is 18.2 Å². The molecular formula is C29H43FN2O. The summed E-state index contributed by atoms with van der Waals surface area (Å²) in [5.41, 5.74) is 2.15. The number of halogens is 1. The molecule has 1 aromatic carbocycles. The van der Waals surface area contributed by atoms with Crippen molar-refractivity contribution in [1.29, 1.82) is 0 Å². The molecule has 0 N–H and O–H groups in total. The van der Waals surface area contributed by atoms with Crippen LogP contribution in [0.3, 0.4) is 0 Å². The van der Waals surface area contributed by atoms with E-state index in [4.69, 9.17) is 4.74 Å². The average Bonchev–Trinajstić information content (AvgIpc) is 2.85.